The highest BCUT2D eigenvalue weighted by Gasteiger charge is 2.23. The monoisotopic (exact) mass is 772 g/mol. The Hall–Kier alpha value is -6.90. The third-order valence-corrected chi connectivity index (χ3v) is 12.8. The third kappa shape index (κ3) is 5.62. The van der Waals surface area contributed by atoms with E-state index in [4.69, 9.17) is 0 Å². The summed E-state index contributed by atoms with van der Waals surface area (Å²) in [6.45, 7) is 13.8. The Kier molecular flexibility index (Phi) is 8.03. The van der Waals surface area contributed by atoms with Gasteiger partial charge in [-0.15, -0.1) is 0 Å². The highest BCUT2D eigenvalue weighted by molar-refractivity contribution is 6.22. The van der Waals surface area contributed by atoms with E-state index in [9.17, 15) is 0 Å². The van der Waals surface area contributed by atoms with Crippen LogP contribution in [0.15, 0.2) is 182 Å². The lowest BCUT2D eigenvalue weighted by Gasteiger charge is -2.23. The van der Waals surface area contributed by atoms with Gasteiger partial charge in [0.2, 0.25) is 0 Å². The number of hydrogen-bond acceptors (Lipinski definition) is 0. The van der Waals surface area contributed by atoms with Crippen LogP contribution >= 0.6 is 0 Å². The molecule has 0 N–H and O–H groups in total. The zero-order chi connectivity index (χ0) is 40.9. The number of aromatic nitrogens is 2. The van der Waals surface area contributed by atoms with E-state index in [2.05, 4.69) is 233 Å². The number of nitrogens with zero attached hydrogens (tertiary/aromatic N) is 2. The van der Waals surface area contributed by atoms with Crippen LogP contribution in [-0.4, -0.2) is 9.13 Å². The summed E-state index contributed by atoms with van der Waals surface area (Å²) < 4.78 is 4.90. The maximum Gasteiger partial charge on any atom is 0.0541 e. The molecule has 0 atom stereocenters. The molecule has 0 unspecified atom stereocenters. The van der Waals surface area contributed by atoms with E-state index in [0.717, 1.165) is 11.4 Å². The molecule has 0 aliphatic carbocycles. The summed E-state index contributed by atoms with van der Waals surface area (Å²) in [4.78, 5) is 0. The fraction of sp³-hybridized carbons (Fsp3) is 0.138. The molecule has 0 saturated carbocycles. The first-order valence-corrected chi connectivity index (χ1v) is 21.3. The molecule has 290 valence electrons. The molecule has 60 heavy (non-hydrogen) atoms. The van der Waals surface area contributed by atoms with Gasteiger partial charge in [0.05, 0.1) is 22.1 Å². The third-order valence-electron chi connectivity index (χ3n) is 12.8. The molecule has 2 heterocycles. The zero-order valence-electron chi connectivity index (χ0n) is 35.2. The Labute approximate surface area is 352 Å². The smallest absolute Gasteiger partial charge is 0.0541 e. The van der Waals surface area contributed by atoms with Crippen molar-refractivity contribution in [1.82, 2.24) is 9.13 Å². The summed E-state index contributed by atoms with van der Waals surface area (Å²) >= 11 is 0. The Morgan fingerprint density at radius 3 is 0.883 bits per heavy atom. The summed E-state index contributed by atoms with van der Waals surface area (Å²) in [5.74, 6) is 0. The number of hydrogen-bond donors (Lipinski definition) is 0. The van der Waals surface area contributed by atoms with Crippen LogP contribution in [0.3, 0.4) is 0 Å². The van der Waals surface area contributed by atoms with Crippen molar-refractivity contribution in [2.75, 3.05) is 0 Å². The number of benzene rings is 9. The fourth-order valence-electron chi connectivity index (χ4n) is 9.78. The van der Waals surface area contributed by atoms with Gasteiger partial charge in [-0.25, -0.2) is 0 Å². The first kappa shape index (κ1) is 36.2. The molecule has 2 nitrogen and oxygen atoms in total. The molecule has 0 amide bonds. The molecular weight excluding hydrogens is 725 g/mol. The largest absolute Gasteiger partial charge is 0.309 e. The van der Waals surface area contributed by atoms with Crippen molar-refractivity contribution >= 4 is 65.2 Å². The SMILES string of the molecule is CC(C)(C)c1ccc(-c2c3ccc(-n4c5ccccc5c5ccccc54)cc3c(-c3ccc(C(C)(C)C)cc3)c3ccc(-n4c5ccccc5c5ccccc54)cc23)cc1. The maximum absolute atomic E-state index is 2.45. The van der Waals surface area contributed by atoms with Gasteiger partial charge in [0.1, 0.15) is 0 Å². The second-order valence-corrected chi connectivity index (χ2v) is 18.6. The van der Waals surface area contributed by atoms with Crippen LogP contribution < -0.4 is 0 Å². The lowest BCUT2D eigenvalue weighted by Crippen LogP contribution is -2.10. The minimum Gasteiger partial charge on any atom is -0.309 e. The molecular formula is C58H48N2. The van der Waals surface area contributed by atoms with Crippen molar-refractivity contribution in [2.24, 2.45) is 0 Å². The predicted molar refractivity (Wildman–Crippen MR) is 258 cm³/mol. The van der Waals surface area contributed by atoms with Crippen LogP contribution in [0.1, 0.15) is 52.7 Å². The van der Waals surface area contributed by atoms with Crippen LogP contribution in [0.2, 0.25) is 0 Å². The molecule has 11 aromatic rings. The van der Waals surface area contributed by atoms with E-state index in [1.165, 1.54) is 98.5 Å². The Morgan fingerprint density at radius 2 is 0.583 bits per heavy atom. The van der Waals surface area contributed by atoms with E-state index < -0.39 is 0 Å². The van der Waals surface area contributed by atoms with E-state index in [-0.39, 0.29) is 10.8 Å². The Balaban J connectivity index is 1.28. The lowest BCUT2D eigenvalue weighted by molar-refractivity contribution is 0.590. The predicted octanol–water partition coefficient (Wildman–Crippen LogP) is 16.1. The summed E-state index contributed by atoms with van der Waals surface area (Å²) in [7, 11) is 0. The van der Waals surface area contributed by atoms with Crippen LogP contribution in [-0.2, 0) is 10.8 Å². The van der Waals surface area contributed by atoms with Crippen molar-refractivity contribution in [3.8, 4) is 33.6 Å². The second-order valence-electron chi connectivity index (χ2n) is 18.6. The van der Waals surface area contributed by atoms with E-state index in [0.29, 0.717) is 0 Å². The lowest BCUT2D eigenvalue weighted by atomic mass is 9.82. The van der Waals surface area contributed by atoms with Gasteiger partial charge in [-0.1, -0.05) is 175 Å². The van der Waals surface area contributed by atoms with Gasteiger partial charge in [0.15, 0.2) is 0 Å². The van der Waals surface area contributed by atoms with E-state index in [1.54, 1.807) is 0 Å². The first-order valence-electron chi connectivity index (χ1n) is 21.3. The van der Waals surface area contributed by atoms with Gasteiger partial charge in [-0.2, -0.15) is 0 Å². The molecule has 2 heteroatoms. The van der Waals surface area contributed by atoms with Crippen LogP contribution in [0, 0.1) is 0 Å². The molecule has 0 saturated heterocycles. The average molecular weight is 773 g/mol. The quantitative estimate of drug-likeness (QED) is 0.158. The maximum atomic E-state index is 2.45. The van der Waals surface area contributed by atoms with Gasteiger partial charge in [0, 0.05) is 32.9 Å². The Morgan fingerprint density at radius 1 is 0.283 bits per heavy atom. The number of fused-ring (bicyclic) bond motifs is 8. The van der Waals surface area contributed by atoms with Crippen LogP contribution in [0.5, 0.6) is 0 Å². The van der Waals surface area contributed by atoms with E-state index >= 15 is 0 Å². The van der Waals surface area contributed by atoms with Gasteiger partial charge in [-0.05, 0) is 114 Å². The highest BCUT2D eigenvalue weighted by atomic mass is 15.0. The topological polar surface area (TPSA) is 9.86 Å². The minimum atomic E-state index is 0.0483. The summed E-state index contributed by atoms with van der Waals surface area (Å²) in [6.07, 6.45) is 0. The summed E-state index contributed by atoms with van der Waals surface area (Å²) in [6, 6.07) is 68.3. The molecule has 0 radical (unpaired) electrons. The average Bonchev–Trinajstić information content (AvgIpc) is 3.78. The van der Waals surface area contributed by atoms with Gasteiger partial charge in [0.25, 0.3) is 0 Å². The van der Waals surface area contributed by atoms with Crippen molar-refractivity contribution in [1.29, 1.82) is 0 Å². The number of rotatable bonds is 4. The van der Waals surface area contributed by atoms with Crippen LogP contribution in [0.25, 0.3) is 98.8 Å². The fourth-order valence-corrected chi connectivity index (χ4v) is 9.78. The van der Waals surface area contributed by atoms with E-state index in [1.807, 2.05) is 0 Å². The van der Waals surface area contributed by atoms with Gasteiger partial charge in [-0.3, -0.25) is 0 Å². The van der Waals surface area contributed by atoms with Crippen LogP contribution in [0.4, 0.5) is 0 Å². The molecule has 9 aromatic carbocycles. The Bertz CT molecular complexity index is 3130. The summed E-state index contributed by atoms with van der Waals surface area (Å²) in [5, 5.41) is 10.0. The molecule has 0 aliphatic rings. The van der Waals surface area contributed by atoms with Gasteiger partial charge < -0.3 is 9.13 Å². The molecule has 0 aliphatic heterocycles. The highest BCUT2D eigenvalue weighted by Crippen LogP contribution is 2.47. The molecule has 0 fully saturated rings. The summed E-state index contributed by atoms with van der Waals surface area (Å²) in [5.41, 5.74) is 14.9. The normalized spacial score (nSPS) is 12.5. The van der Waals surface area contributed by atoms with Crippen molar-refractivity contribution in [3.63, 3.8) is 0 Å². The van der Waals surface area contributed by atoms with Crippen molar-refractivity contribution in [3.05, 3.63) is 193 Å². The molecule has 0 bridgehead atoms. The zero-order valence-corrected chi connectivity index (χ0v) is 35.2. The van der Waals surface area contributed by atoms with Crippen molar-refractivity contribution in [2.45, 2.75) is 52.4 Å². The van der Waals surface area contributed by atoms with Crippen molar-refractivity contribution < 1.29 is 0 Å². The molecule has 0 spiro atoms. The number of para-hydroxylation sites is 4. The first-order chi connectivity index (χ1) is 29.0. The molecule has 11 rings (SSSR count). The standard InChI is InChI=1S/C58H48N2/c1-57(2,3)39-27-23-37(24-28-39)55-47-33-31-42(60-53-21-13-9-17-45(53)46-18-10-14-22-54(46)60)36-50(47)56(38-25-29-40(30-26-38)58(4,5)6)48-34-32-41(35-49(48)55)59-51-19-11-7-15-43(51)44-16-8-12-20-52(44)59/h7-36H,1-6H3. The minimum absolute atomic E-state index is 0.0483. The second kappa shape index (κ2) is 13.3. The van der Waals surface area contributed by atoms with Gasteiger partial charge >= 0.3 is 0 Å². The molecule has 2 aromatic heterocycles.